The Morgan fingerprint density at radius 1 is 1.18 bits per heavy atom. The van der Waals surface area contributed by atoms with Crippen LogP contribution in [0.2, 0.25) is 0 Å². The average Bonchev–Trinajstić information content (AvgIpc) is 2.05. The Hall–Kier alpha value is -1.53. The third-order valence-electron chi connectivity index (χ3n) is 1.54. The van der Waals surface area contributed by atoms with Crippen LogP contribution in [0.4, 0.5) is 0 Å². The number of nitrogens with zero attached hydrogens (tertiary/aromatic N) is 3. The second-order valence-corrected chi connectivity index (χ2v) is 2.35. The Morgan fingerprint density at radius 3 is 2.18 bits per heavy atom. The van der Waals surface area contributed by atoms with E-state index >= 15 is 0 Å². The molecule has 0 saturated heterocycles. The highest BCUT2D eigenvalue weighted by Crippen LogP contribution is 2.14. The predicted molar refractivity (Wildman–Crippen MR) is 38.7 cm³/mol. The van der Waals surface area contributed by atoms with E-state index in [1.54, 1.807) is 6.92 Å². The Kier molecular flexibility index (Phi) is 4.54. The lowest BCUT2D eigenvalue weighted by atomic mass is 9.93. The van der Waals surface area contributed by atoms with Crippen molar-refractivity contribution in [3.05, 3.63) is 0 Å². The lowest BCUT2D eigenvalue weighted by molar-refractivity contribution is 0.502. The van der Waals surface area contributed by atoms with Crippen LogP contribution in [0.3, 0.4) is 0 Å². The Morgan fingerprint density at radius 2 is 1.82 bits per heavy atom. The van der Waals surface area contributed by atoms with Gasteiger partial charge in [0, 0.05) is 6.42 Å². The fourth-order valence-electron chi connectivity index (χ4n) is 0.736. The standard InChI is InChI=1S/C8H9N3/c1-7(5-10)8(6-11)3-2-4-9/h7-8H,2-3H2,1H3. The van der Waals surface area contributed by atoms with E-state index in [0.29, 0.717) is 12.8 Å². The summed E-state index contributed by atoms with van der Waals surface area (Å²) in [4.78, 5) is 0. The molecule has 2 unspecified atom stereocenters. The van der Waals surface area contributed by atoms with E-state index in [1.165, 1.54) is 0 Å². The minimum absolute atomic E-state index is 0.270. The first kappa shape index (κ1) is 9.47. The molecular weight excluding hydrogens is 138 g/mol. The SMILES string of the molecule is CC(C#N)C(C#N)CCC#N. The lowest BCUT2D eigenvalue weighted by Crippen LogP contribution is -2.06. The molecule has 0 rings (SSSR count). The number of hydrogen-bond donors (Lipinski definition) is 0. The van der Waals surface area contributed by atoms with Gasteiger partial charge in [0.25, 0.3) is 0 Å². The highest BCUT2D eigenvalue weighted by atomic mass is 14.3. The fraction of sp³-hybridized carbons (Fsp3) is 0.625. The molecule has 0 radical (unpaired) electrons. The largest absolute Gasteiger partial charge is 0.198 e. The number of nitriles is 3. The normalized spacial score (nSPS) is 13.6. The van der Waals surface area contributed by atoms with Crippen LogP contribution in [0.1, 0.15) is 19.8 Å². The second kappa shape index (κ2) is 5.27. The molecular formula is C8H9N3. The molecule has 0 heterocycles. The molecule has 0 aromatic rings. The van der Waals surface area contributed by atoms with Crippen LogP contribution in [-0.2, 0) is 0 Å². The Labute approximate surface area is 66.5 Å². The third-order valence-corrected chi connectivity index (χ3v) is 1.54. The zero-order chi connectivity index (χ0) is 8.69. The van der Waals surface area contributed by atoms with E-state index in [4.69, 9.17) is 15.8 Å². The maximum atomic E-state index is 8.54. The topological polar surface area (TPSA) is 71.4 Å². The Bertz CT molecular complexity index is 225. The molecule has 3 nitrogen and oxygen atoms in total. The molecule has 0 aromatic heterocycles. The van der Waals surface area contributed by atoms with Gasteiger partial charge in [-0.1, -0.05) is 0 Å². The first-order chi connectivity index (χ1) is 5.26. The van der Waals surface area contributed by atoms with Crippen molar-refractivity contribution in [2.45, 2.75) is 19.8 Å². The summed E-state index contributed by atoms with van der Waals surface area (Å²) < 4.78 is 0. The smallest absolute Gasteiger partial charge is 0.0669 e. The molecule has 56 valence electrons. The zero-order valence-corrected chi connectivity index (χ0v) is 6.41. The van der Waals surface area contributed by atoms with Crippen molar-refractivity contribution in [2.24, 2.45) is 11.8 Å². The molecule has 0 bridgehead atoms. The van der Waals surface area contributed by atoms with Crippen LogP contribution in [0.5, 0.6) is 0 Å². The summed E-state index contributed by atoms with van der Waals surface area (Å²) in [5.74, 6) is -0.562. The highest BCUT2D eigenvalue weighted by Gasteiger charge is 2.14. The molecule has 0 N–H and O–H groups in total. The van der Waals surface area contributed by atoms with Crippen LogP contribution in [0.25, 0.3) is 0 Å². The van der Waals surface area contributed by atoms with Crippen molar-refractivity contribution in [2.75, 3.05) is 0 Å². The molecule has 0 amide bonds. The minimum Gasteiger partial charge on any atom is -0.198 e. The Balaban J connectivity index is 3.92. The van der Waals surface area contributed by atoms with Gasteiger partial charge in [-0.2, -0.15) is 15.8 Å². The van der Waals surface area contributed by atoms with E-state index in [2.05, 4.69) is 0 Å². The molecule has 2 atom stereocenters. The van der Waals surface area contributed by atoms with Gasteiger partial charge in [0.15, 0.2) is 0 Å². The molecule has 0 aromatic carbocycles. The maximum Gasteiger partial charge on any atom is 0.0669 e. The predicted octanol–water partition coefficient (Wildman–Crippen LogP) is 1.59. The maximum absolute atomic E-state index is 8.54. The quantitative estimate of drug-likeness (QED) is 0.608. The summed E-state index contributed by atoms with van der Waals surface area (Å²) >= 11 is 0. The highest BCUT2D eigenvalue weighted by molar-refractivity contribution is 4.96. The van der Waals surface area contributed by atoms with Gasteiger partial charge >= 0.3 is 0 Å². The fourth-order valence-corrected chi connectivity index (χ4v) is 0.736. The van der Waals surface area contributed by atoms with Crippen LogP contribution in [0, 0.1) is 45.8 Å². The third kappa shape index (κ3) is 3.23. The van der Waals surface area contributed by atoms with Gasteiger partial charge in [0.1, 0.15) is 0 Å². The van der Waals surface area contributed by atoms with Crippen molar-refractivity contribution in [3.8, 4) is 18.2 Å². The first-order valence-corrected chi connectivity index (χ1v) is 3.42. The summed E-state index contributed by atoms with van der Waals surface area (Å²) in [5, 5.41) is 25.2. The lowest BCUT2D eigenvalue weighted by Gasteiger charge is -2.06. The van der Waals surface area contributed by atoms with Gasteiger partial charge in [0.2, 0.25) is 0 Å². The molecule has 0 aliphatic carbocycles. The van der Waals surface area contributed by atoms with Gasteiger partial charge in [-0.3, -0.25) is 0 Å². The second-order valence-electron chi connectivity index (χ2n) is 2.35. The molecule has 0 spiro atoms. The van der Waals surface area contributed by atoms with Crippen LogP contribution < -0.4 is 0 Å². The summed E-state index contributed by atoms with van der Waals surface area (Å²) in [6, 6.07) is 5.96. The summed E-state index contributed by atoms with van der Waals surface area (Å²) in [5.41, 5.74) is 0. The number of rotatable bonds is 3. The monoisotopic (exact) mass is 147 g/mol. The summed E-state index contributed by atoms with van der Waals surface area (Å²) in [6.07, 6.45) is 0.853. The minimum atomic E-state index is -0.292. The summed E-state index contributed by atoms with van der Waals surface area (Å²) in [6.45, 7) is 1.70. The molecule has 0 fully saturated rings. The van der Waals surface area contributed by atoms with Gasteiger partial charge in [-0.15, -0.1) is 0 Å². The molecule has 0 aliphatic heterocycles. The van der Waals surface area contributed by atoms with Crippen LogP contribution in [-0.4, -0.2) is 0 Å². The molecule has 0 aliphatic rings. The summed E-state index contributed by atoms with van der Waals surface area (Å²) in [7, 11) is 0. The van der Waals surface area contributed by atoms with E-state index in [1.807, 2.05) is 18.2 Å². The van der Waals surface area contributed by atoms with Gasteiger partial charge < -0.3 is 0 Å². The van der Waals surface area contributed by atoms with Crippen LogP contribution in [0.15, 0.2) is 0 Å². The van der Waals surface area contributed by atoms with Crippen molar-refractivity contribution in [3.63, 3.8) is 0 Å². The average molecular weight is 147 g/mol. The van der Waals surface area contributed by atoms with E-state index in [9.17, 15) is 0 Å². The van der Waals surface area contributed by atoms with E-state index in [-0.39, 0.29) is 11.8 Å². The molecule has 0 saturated carbocycles. The van der Waals surface area contributed by atoms with Crippen molar-refractivity contribution >= 4 is 0 Å². The van der Waals surface area contributed by atoms with Gasteiger partial charge in [0.05, 0.1) is 30.0 Å². The van der Waals surface area contributed by atoms with Gasteiger partial charge in [-0.25, -0.2) is 0 Å². The van der Waals surface area contributed by atoms with E-state index < -0.39 is 0 Å². The van der Waals surface area contributed by atoms with Crippen molar-refractivity contribution in [1.29, 1.82) is 15.8 Å². The van der Waals surface area contributed by atoms with Crippen LogP contribution >= 0.6 is 0 Å². The van der Waals surface area contributed by atoms with E-state index in [0.717, 1.165) is 0 Å². The zero-order valence-electron chi connectivity index (χ0n) is 6.41. The van der Waals surface area contributed by atoms with Crippen molar-refractivity contribution < 1.29 is 0 Å². The van der Waals surface area contributed by atoms with Gasteiger partial charge in [-0.05, 0) is 13.3 Å². The van der Waals surface area contributed by atoms with Crippen molar-refractivity contribution in [1.82, 2.24) is 0 Å². The molecule has 11 heavy (non-hydrogen) atoms. The first-order valence-electron chi connectivity index (χ1n) is 3.42. The number of hydrogen-bond acceptors (Lipinski definition) is 3. The molecule has 3 heteroatoms.